The Bertz CT molecular complexity index is 639. The van der Waals surface area contributed by atoms with Crippen LogP contribution < -0.4 is 10.6 Å². The molecule has 112 valence electrons. The molecule has 2 heterocycles. The number of fused-ring (bicyclic) bond motifs is 1. The standard InChI is InChI=1S/C17H23N3O/c1-12-8-14-15(9-19-12)16(18)5-6-17(14)20-7-3-4-13(10-20)11-21-2/h5-6,8-9,13H,3-4,7,10-11,18H2,1-2H3. The van der Waals surface area contributed by atoms with Gasteiger partial charge in [-0.1, -0.05) is 0 Å². The van der Waals surface area contributed by atoms with E-state index in [1.807, 2.05) is 19.2 Å². The van der Waals surface area contributed by atoms with E-state index in [1.54, 1.807) is 7.11 Å². The zero-order valence-corrected chi connectivity index (χ0v) is 12.8. The average Bonchev–Trinajstić information content (AvgIpc) is 2.48. The number of ether oxygens (including phenoxy) is 1. The monoisotopic (exact) mass is 285 g/mol. The van der Waals surface area contributed by atoms with Crippen LogP contribution in [0.1, 0.15) is 18.5 Å². The number of pyridine rings is 1. The number of nitrogens with zero attached hydrogens (tertiary/aromatic N) is 2. The van der Waals surface area contributed by atoms with Crippen LogP contribution in [0.15, 0.2) is 24.4 Å². The van der Waals surface area contributed by atoms with Crippen molar-refractivity contribution in [2.45, 2.75) is 19.8 Å². The highest BCUT2D eigenvalue weighted by Gasteiger charge is 2.21. The minimum absolute atomic E-state index is 0.610. The second-order valence-electron chi connectivity index (χ2n) is 5.95. The summed E-state index contributed by atoms with van der Waals surface area (Å²) in [7, 11) is 1.78. The number of hydrogen-bond acceptors (Lipinski definition) is 4. The smallest absolute Gasteiger partial charge is 0.0507 e. The summed E-state index contributed by atoms with van der Waals surface area (Å²) in [5, 5.41) is 2.26. The fourth-order valence-electron chi connectivity index (χ4n) is 3.28. The highest BCUT2D eigenvalue weighted by molar-refractivity contribution is 6.01. The Kier molecular flexibility index (Phi) is 3.97. The first-order valence-electron chi connectivity index (χ1n) is 7.57. The Morgan fingerprint density at radius 1 is 1.38 bits per heavy atom. The molecular weight excluding hydrogens is 262 g/mol. The van der Waals surface area contributed by atoms with Gasteiger partial charge in [-0.25, -0.2) is 0 Å². The fourth-order valence-corrected chi connectivity index (χ4v) is 3.28. The molecule has 1 unspecified atom stereocenters. The van der Waals surface area contributed by atoms with Crippen molar-refractivity contribution < 1.29 is 4.74 Å². The largest absolute Gasteiger partial charge is 0.398 e. The van der Waals surface area contributed by atoms with Gasteiger partial charge in [-0.15, -0.1) is 0 Å². The number of nitrogens with two attached hydrogens (primary N) is 1. The van der Waals surface area contributed by atoms with E-state index in [9.17, 15) is 0 Å². The minimum atomic E-state index is 0.610. The summed E-state index contributed by atoms with van der Waals surface area (Å²) in [5.41, 5.74) is 9.20. The van der Waals surface area contributed by atoms with Crippen molar-refractivity contribution in [3.63, 3.8) is 0 Å². The fraction of sp³-hybridized carbons (Fsp3) is 0.471. The highest BCUT2D eigenvalue weighted by atomic mass is 16.5. The number of rotatable bonds is 3. The van der Waals surface area contributed by atoms with Crippen LogP contribution >= 0.6 is 0 Å². The summed E-state index contributed by atoms with van der Waals surface area (Å²) >= 11 is 0. The van der Waals surface area contributed by atoms with Crippen LogP contribution in [0.4, 0.5) is 11.4 Å². The number of anilines is 2. The first-order valence-corrected chi connectivity index (χ1v) is 7.57. The molecule has 0 radical (unpaired) electrons. The first-order chi connectivity index (χ1) is 10.2. The molecule has 2 aromatic rings. The molecule has 1 aliphatic rings. The lowest BCUT2D eigenvalue weighted by Crippen LogP contribution is -2.37. The third-order valence-corrected chi connectivity index (χ3v) is 4.31. The summed E-state index contributed by atoms with van der Waals surface area (Å²) in [5.74, 6) is 0.610. The molecule has 1 saturated heterocycles. The number of aromatic nitrogens is 1. The van der Waals surface area contributed by atoms with E-state index < -0.39 is 0 Å². The SMILES string of the molecule is COCC1CCCN(c2ccc(N)c3cnc(C)cc23)C1. The van der Waals surface area contributed by atoms with Crippen molar-refractivity contribution in [2.75, 3.05) is 37.4 Å². The van der Waals surface area contributed by atoms with Crippen LogP contribution in [0.3, 0.4) is 0 Å². The van der Waals surface area contributed by atoms with Crippen molar-refractivity contribution in [1.29, 1.82) is 0 Å². The molecule has 4 heteroatoms. The van der Waals surface area contributed by atoms with E-state index in [1.165, 1.54) is 23.9 Å². The van der Waals surface area contributed by atoms with Gasteiger partial charge < -0.3 is 15.4 Å². The molecule has 0 bridgehead atoms. The van der Waals surface area contributed by atoms with Gasteiger partial charge in [0.1, 0.15) is 0 Å². The third-order valence-electron chi connectivity index (χ3n) is 4.31. The van der Waals surface area contributed by atoms with Gasteiger partial charge in [0.2, 0.25) is 0 Å². The van der Waals surface area contributed by atoms with Crippen LogP contribution in [0.25, 0.3) is 10.8 Å². The van der Waals surface area contributed by atoms with E-state index in [4.69, 9.17) is 10.5 Å². The summed E-state index contributed by atoms with van der Waals surface area (Å²) in [6.07, 6.45) is 4.35. The van der Waals surface area contributed by atoms with Gasteiger partial charge in [-0.05, 0) is 43.9 Å². The van der Waals surface area contributed by atoms with E-state index in [-0.39, 0.29) is 0 Å². The van der Waals surface area contributed by atoms with Crippen LogP contribution in [0.2, 0.25) is 0 Å². The Hall–Kier alpha value is -1.81. The second-order valence-corrected chi connectivity index (χ2v) is 5.95. The number of nitrogen functional groups attached to an aromatic ring is 1. The second kappa shape index (κ2) is 5.90. The molecule has 0 saturated carbocycles. The lowest BCUT2D eigenvalue weighted by atomic mass is 9.97. The normalized spacial score (nSPS) is 19.1. The van der Waals surface area contributed by atoms with Crippen LogP contribution in [0.5, 0.6) is 0 Å². The molecule has 0 spiro atoms. The van der Waals surface area contributed by atoms with Gasteiger partial charge in [0.25, 0.3) is 0 Å². The Morgan fingerprint density at radius 3 is 3.05 bits per heavy atom. The van der Waals surface area contributed by atoms with Gasteiger partial charge in [0.05, 0.1) is 6.61 Å². The zero-order valence-electron chi connectivity index (χ0n) is 12.8. The van der Waals surface area contributed by atoms with Crippen molar-refractivity contribution in [2.24, 2.45) is 5.92 Å². The molecule has 21 heavy (non-hydrogen) atoms. The molecule has 1 fully saturated rings. The van der Waals surface area contributed by atoms with Gasteiger partial charge in [0.15, 0.2) is 0 Å². The molecule has 1 aliphatic heterocycles. The van der Waals surface area contributed by atoms with E-state index in [2.05, 4.69) is 22.0 Å². The molecule has 4 nitrogen and oxygen atoms in total. The van der Waals surface area contributed by atoms with Crippen LogP contribution in [-0.4, -0.2) is 31.8 Å². The highest BCUT2D eigenvalue weighted by Crippen LogP contribution is 2.33. The first kappa shape index (κ1) is 14.1. The van der Waals surface area contributed by atoms with Gasteiger partial charge in [-0.2, -0.15) is 0 Å². The Morgan fingerprint density at radius 2 is 2.24 bits per heavy atom. The molecule has 3 rings (SSSR count). The van der Waals surface area contributed by atoms with Crippen molar-refractivity contribution in [1.82, 2.24) is 4.98 Å². The Labute approximate surface area is 125 Å². The summed E-state index contributed by atoms with van der Waals surface area (Å²) in [6, 6.07) is 6.28. The van der Waals surface area contributed by atoms with E-state index in [0.717, 1.165) is 36.5 Å². The molecule has 1 aromatic carbocycles. The lowest BCUT2D eigenvalue weighted by molar-refractivity contribution is 0.143. The number of benzene rings is 1. The summed E-state index contributed by atoms with van der Waals surface area (Å²) in [6.45, 7) is 5.01. The predicted octanol–water partition coefficient (Wildman–Crippen LogP) is 2.99. The Balaban J connectivity index is 1.99. The van der Waals surface area contributed by atoms with Gasteiger partial charge in [0, 0.05) is 54.2 Å². The maximum absolute atomic E-state index is 6.10. The van der Waals surface area contributed by atoms with Gasteiger partial charge >= 0.3 is 0 Å². The molecule has 0 amide bonds. The van der Waals surface area contributed by atoms with Crippen molar-refractivity contribution in [3.05, 3.63) is 30.1 Å². The molecule has 0 aliphatic carbocycles. The number of hydrogen-bond donors (Lipinski definition) is 1. The average molecular weight is 285 g/mol. The molecule has 1 atom stereocenters. The number of piperidine rings is 1. The predicted molar refractivity (Wildman–Crippen MR) is 87.7 cm³/mol. The lowest BCUT2D eigenvalue weighted by Gasteiger charge is -2.35. The van der Waals surface area contributed by atoms with Crippen molar-refractivity contribution >= 4 is 22.1 Å². The quantitative estimate of drug-likeness (QED) is 0.881. The van der Waals surface area contributed by atoms with Crippen LogP contribution in [-0.2, 0) is 4.74 Å². The third kappa shape index (κ3) is 2.81. The molecule has 1 aromatic heterocycles. The van der Waals surface area contributed by atoms with Gasteiger partial charge in [-0.3, -0.25) is 4.98 Å². The summed E-state index contributed by atoms with van der Waals surface area (Å²) in [4.78, 5) is 6.85. The maximum Gasteiger partial charge on any atom is 0.0507 e. The number of aryl methyl sites for hydroxylation is 1. The number of methoxy groups -OCH3 is 1. The zero-order chi connectivity index (χ0) is 14.8. The molecule has 2 N–H and O–H groups in total. The topological polar surface area (TPSA) is 51.4 Å². The maximum atomic E-state index is 6.10. The van der Waals surface area contributed by atoms with Crippen LogP contribution in [0, 0.1) is 12.8 Å². The summed E-state index contributed by atoms with van der Waals surface area (Å²) < 4.78 is 5.33. The van der Waals surface area contributed by atoms with E-state index in [0.29, 0.717) is 5.92 Å². The van der Waals surface area contributed by atoms with Crippen molar-refractivity contribution in [3.8, 4) is 0 Å². The molecular formula is C17H23N3O. The minimum Gasteiger partial charge on any atom is -0.398 e. The van der Waals surface area contributed by atoms with E-state index >= 15 is 0 Å².